The van der Waals surface area contributed by atoms with Gasteiger partial charge in [-0.3, -0.25) is 9.67 Å². The molecule has 0 fully saturated rings. The maximum absolute atomic E-state index is 10.1. The summed E-state index contributed by atoms with van der Waals surface area (Å²) >= 11 is 1.65. The molecule has 30 heavy (non-hydrogen) atoms. The standard InChI is InChI=1S/C23H21N5OS/c1-13-16(4)30-23(26-13)20-8-5-17(11-25-20)12-28-15(3)22(14(2)27-28)18-6-7-19(10-24)21(29)9-18/h5-9,11,29H,12H2,1-4H3. The first-order valence-corrected chi connectivity index (χ1v) is 10.4. The predicted molar refractivity (Wildman–Crippen MR) is 117 cm³/mol. The molecule has 0 aliphatic heterocycles. The molecule has 150 valence electrons. The Morgan fingerprint density at radius 2 is 1.90 bits per heavy atom. The number of aromatic nitrogens is 4. The minimum atomic E-state index is -0.0194. The molecule has 0 aliphatic carbocycles. The van der Waals surface area contributed by atoms with Crippen molar-refractivity contribution in [2.75, 3.05) is 0 Å². The molecule has 0 unspecified atom stereocenters. The fraction of sp³-hybridized carbons (Fsp3) is 0.217. The zero-order valence-electron chi connectivity index (χ0n) is 17.3. The lowest BCUT2D eigenvalue weighted by Gasteiger charge is -2.07. The summed E-state index contributed by atoms with van der Waals surface area (Å²) in [4.78, 5) is 10.4. The summed E-state index contributed by atoms with van der Waals surface area (Å²) in [6.45, 7) is 8.63. The van der Waals surface area contributed by atoms with Gasteiger partial charge in [0.05, 0.1) is 29.2 Å². The molecule has 1 aromatic carbocycles. The average Bonchev–Trinajstić information content (AvgIpc) is 3.20. The Hall–Kier alpha value is -3.50. The van der Waals surface area contributed by atoms with Crippen LogP contribution in [0.15, 0.2) is 36.5 Å². The lowest BCUT2D eigenvalue weighted by Crippen LogP contribution is -2.04. The first-order valence-electron chi connectivity index (χ1n) is 9.54. The molecule has 0 spiro atoms. The van der Waals surface area contributed by atoms with E-state index in [0.29, 0.717) is 6.54 Å². The van der Waals surface area contributed by atoms with Crippen molar-refractivity contribution in [3.63, 3.8) is 0 Å². The van der Waals surface area contributed by atoms with Crippen molar-refractivity contribution >= 4 is 11.3 Å². The van der Waals surface area contributed by atoms with E-state index in [1.54, 1.807) is 23.5 Å². The van der Waals surface area contributed by atoms with E-state index < -0.39 is 0 Å². The summed E-state index contributed by atoms with van der Waals surface area (Å²) in [6.07, 6.45) is 1.87. The largest absolute Gasteiger partial charge is 0.507 e. The molecule has 7 heteroatoms. The maximum Gasteiger partial charge on any atom is 0.142 e. The van der Waals surface area contributed by atoms with Gasteiger partial charge >= 0.3 is 0 Å². The lowest BCUT2D eigenvalue weighted by atomic mass is 10.0. The Morgan fingerprint density at radius 1 is 1.10 bits per heavy atom. The number of phenolic OH excluding ortho intramolecular Hbond substituents is 1. The Morgan fingerprint density at radius 3 is 2.50 bits per heavy atom. The van der Waals surface area contributed by atoms with Crippen LogP contribution in [-0.4, -0.2) is 24.9 Å². The predicted octanol–water partition coefficient (Wildman–Crippen LogP) is 4.93. The van der Waals surface area contributed by atoms with Crippen molar-refractivity contribution in [2.45, 2.75) is 34.2 Å². The molecule has 4 rings (SSSR count). The number of aromatic hydroxyl groups is 1. The second-order valence-electron chi connectivity index (χ2n) is 7.26. The number of nitriles is 1. The summed E-state index contributed by atoms with van der Waals surface area (Å²) in [7, 11) is 0. The lowest BCUT2D eigenvalue weighted by molar-refractivity contribution is 0.474. The molecule has 0 amide bonds. The monoisotopic (exact) mass is 415 g/mol. The van der Waals surface area contributed by atoms with Crippen LogP contribution in [0.25, 0.3) is 21.8 Å². The Bertz CT molecular complexity index is 1260. The van der Waals surface area contributed by atoms with Crippen LogP contribution in [0.1, 0.15) is 33.1 Å². The highest BCUT2D eigenvalue weighted by molar-refractivity contribution is 7.15. The molecular formula is C23H21N5OS. The highest BCUT2D eigenvalue weighted by Gasteiger charge is 2.16. The fourth-order valence-corrected chi connectivity index (χ4v) is 4.34. The molecule has 0 bridgehead atoms. The number of phenols is 1. The van der Waals surface area contributed by atoms with Gasteiger partial charge in [-0.1, -0.05) is 12.1 Å². The van der Waals surface area contributed by atoms with E-state index in [1.807, 2.05) is 49.9 Å². The second-order valence-corrected chi connectivity index (χ2v) is 8.46. The molecule has 6 nitrogen and oxygen atoms in total. The van der Waals surface area contributed by atoms with Crippen LogP contribution >= 0.6 is 11.3 Å². The molecule has 3 heterocycles. The van der Waals surface area contributed by atoms with Crippen molar-refractivity contribution < 1.29 is 5.11 Å². The molecule has 0 radical (unpaired) electrons. The van der Waals surface area contributed by atoms with Gasteiger partial charge in [-0.15, -0.1) is 11.3 Å². The highest BCUT2D eigenvalue weighted by atomic mass is 32.1. The van der Waals surface area contributed by atoms with Gasteiger partial charge in [0, 0.05) is 22.3 Å². The second kappa shape index (κ2) is 7.73. The first kappa shape index (κ1) is 19.8. The van der Waals surface area contributed by atoms with Gasteiger partial charge in [-0.25, -0.2) is 4.98 Å². The van der Waals surface area contributed by atoms with E-state index >= 15 is 0 Å². The van der Waals surface area contributed by atoms with Gasteiger partial charge in [0.15, 0.2) is 0 Å². The SMILES string of the molecule is Cc1nc(-c2ccc(Cn3nc(C)c(-c4ccc(C#N)c(O)c4)c3C)cn2)sc1C. The van der Waals surface area contributed by atoms with E-state index in [4.69, 9.17) is 5.26 Å². The molecule has 0 aliphatic rings. The van der Waals surface area contributed by atoms with Crippen LogP contribution in [0.5, 0.6) is 5.75 Å². The number of aryl methyl sites for hydroxylation is 3. The smallest absolute Gasteiger partial charge is 0.142 e. The molecule has 0 saturated carbocycles. The third-order valence-corrected chi connectivity index (χ3v) is 6.29. The quantitative estimate of drug-likeness (QED) is 0.511. The van der Waals surface area contributed by atoms with Gasteiger partial charge in [-0.2, -0.15) is 10.4 Å². The summed E-state index contributed by atoms with van der Waals surface area (Å²) < 4.78 is 1.94. The summed E-state index contributed by atoms with van der Waals surface area (Å²) in [6, 6.07) is 11.1. The molecular weight excluding hydrogens is 394 g/mol. The number of pyridine rings is 1. The Labute approximate surface area is 179 Å². The molecule has 1 N–H and O–H groups in total. The van der Waals surface area contributed by atoms with Crippen LogP contribution in [0, 0.1) is 39.0 Å². The zero-order chi connectivity index (χ0) is 21.4. The van der Waals surface area contributed by atoms with Crippen LogP contribution in [0.2, 0.25) is 0 Å². The van der Waals surface area contributed by atoms with Crippen LogP contribution in [-0.2, 0) is 6.54 Å². The summed E-state index contributed by atoms with van der Waals surface area (Å²) in [5.41, 5.74) is 6.90. The molecule has 3 aromatic heterocycles. The number of hydrogen-bond acceptors (Lipinski definition) is 6. The Balaban J connectivity index is 1.61. The van der Waals surface area contributed by atoms with Crippen LogP contribution in [0.4, 0.5) is 0 Å². The molecule has 0 saturated heterocycles. The van der Waals surface area contributed by atoms with Gasteiger partial charge in [0.2, 0.25) is 0 Å². The van der Waals surface area contributed by atoms with Crippen molar-refractivity contribution in [1.29, 1.82) is 5.26 Å². The van der Waals surface area contributed by atoms with E-state index in [9.17, 15) is 5.11 Å². The van der Waals surface area contributed by atoms with Gasteiger partial charge < -0.3 is 5.11 Å². The highest BCUT2D eigenvalue weighted by Crippen LogP contribution is 2.31. The number of nitrogens with zero attached hydrogens (tertiary/aromatic N) is 5. The van der Waals surface area contributed by atoms with Crippen LogP contribution < -0.4 is 0 Å². The first-order chi connectivity index (χ1) is 14.4. The number of thiazole rings is 1. The van der Waals surface area contributed by atoms with Gasteiger partial charge in [0.1, 0.15) is 16.8 Å². The third-order valence-electron chi connectivity index (χ3n) is 5.19. The number of benzene rings is 1. The minimum absolute atomic E-state index is 0.0194. The summed E-state index contributed by atoms with van der Waals surface area (Å²) in [5, 5.41) is 24.7. The van der Waals surface area contributed by atoms with Crippen molar-refractivity contribution in [1.82, 2.24) is 19.7 Å². The van der Waals surface area contributed by atoms with Gasteiger partial charge in [-0.05, 0) is 57.0 Å². The van der Waals surface area contributed by atoms with E-state index in [1.165, 1.54) is 4.88 Å². The minimum Gasteiger partial charge on any atom is -0.507 e. The van der Waals surface area contributed by atoms with E-state index in [2.05, 4.69) is 28.1 Å². The Kier molecular flexibility index (Phi) is 5.10. The topological polar surface area (TPSA) is 87.6 Å². The fourth-order valence-electron chi connectivity index (χ4n) is 3.45. The molecule has 4 aromatic rings. The number of hydrogen-bond donors (Lipinski definition) is 1. The van der Waals surface area contributed by atoms with Crippen molar-refractivity contribution in [3.05, 3.63) is 69.6 Å². The normalized spacial score (nSPS) is 10.9. The van der Waals surface area contributed by atoms with E-state index in [-0.39, 0.29) is 11.3 Å². The third kappa shape index (κ3) is 3.58. The average molecular weight is 416 g/mol. The summed E-state index contributed by atoms with van der Waals surface area (Å²) in [5.74, 6) is -0.0194. The van der Waals surface area contributed by atoms with Crippen LogP contribution in [0.3, 0.4) is 0 Å². The molecule has 0 atom stereocenters. The van der Waals surface area contributed by atoms with E-state index in [0.717, 1.165) is 44.5 Å². The zero-order valence-corrected chi connectivity index (χ0v) is 18.1. The van der Waals surface area contributed by atoms with Crippen molar-refractivity contribution in [2.24, 2.45) is 0 Å². The van der Waals surface area contributed by atoms with Crippen molar-refractivity contribution in [3.8, 4) is 33.6 Å². The van der Waals surface area contributed by atoms with Gasteiger partial charge in [0.25, 0.3) is 0 Å². The maximum atomic E-state index is 10.1. The number of rotatable bonds is 4.